The van der Waals surface area contributed by atoms with Crippen molar-refractivity contribution in [2.24, 2.45) is 0 Å². The summed E-state index contributed by atoms with van der Waals surface area (Å²) < 4.78 is 30.6. The van der Waals surface area contributed by atoms with Crippen LogP contribution in [0, 0.1) is 6.92 Å². The van der Waals surface area contributed by atoms with Crippen LogP contribution in [-0.2, 0) is 18.9 Å². The molecular formula is C11H18O8P2. The Hall–Kier alpha value is -0.880. The molecule has 0 aliphatic rings. The van der Waals surface area contributed by atoms with Crippen molar-refractivity contribution < 1.29 is 37.8 Å². The standard InChI is InChI=1S/C11H18O8P2/c1-7-5-9(12)8(11(2,3)4)6-10(7)18-21(16,17)19-20(13,14)15/h5-6,12H,1-4H3,(H,16,17)(H2,13,14,15). The molecule has 0 fully saturated rings. The highest BCUT2D eigenvalue weighted by Crippen LogP contribution is 2.57. The van der Waals surface area contributed by atoms with Crippen molar-refractivity contribution in [3.8, 4) is 11.5 Å². The second-order valence-corrected chi connectivity index (χ2v) is 8.27. The fourth-order valence-electron chi connectivity index (χ4n) is 1.65. The molecule has 0 saturated heterocycles. The van der Waals surface area contributed by atoms with E-state index in [2.05, 4.69) is 8.83 Å². The molecule has 1 aromatic rings. The number of rotatable bonds is 4. The third-order valence-electron chi connectivity index (χ3n) is 2.52. The summed E-state index contributed by atoms with van der Waals surface area (Å²) in [7, 11) is -10.2. The summed E-state index contributed by atoms with van der Waals surface area (Å²) in [6.07, 6.45) is 0. The van der Waals surface area contributed by atoms with E-state index >= 15 is 0 Å². The molecule has 1 aromatic carbocycles. The molecule has 0 saturated carbocycles. The minimum Gasteiger partial charge on any atom is -0.508 e. The first kappa shape index (κ1) is 18.2. The minimum atomic E-state index is -5.18. The Bertz CT molecular complexity index is 628. The van der Waals surface area contributed by atoms with Crippen molar-refractivity contribution in [1.29, 1.82) is 0 Å². The maximum Gasteiger partial charge on any atom is 0.536 e. The van der Waals surface area contributed by atoms with Crippen LogP contribution in [0.5, 0.6) is 11.5 Å². The highest BCUT2D eigenvalue weighted by Gasteiger charge is 2.34. The number of phosphoric acid groups is 2. The Morgan fingerprint density at radius 2 is 1.62 bits per heavy atom. The van der Waals surface area contributed by atoms with Gasteiger partial charge in [0.05, 0.1) is 0 Å². The third kappa shape index (κ3) is 5.43. The van der Waals surface area contributed by atoms with Gasteiger partial charge in [-0.25, -0.2) is 9.13 Å². The summed E-state index contributed by atoms with van der Waals surface area (Å²) in [5, 5.41) is 9.89. The lowest BCUT2D eigenvalue weighted by Crippen LogP contribution is -2.12. The zero-order valence-electron chi connectivity index (χ0n) is 12.0. The maximum atomic E-state index is 11.6. The van der Waals surface area contributed by atoms with Crippen LogP contribution in [0.2, 0.25) is 0 Å². The summed E-state index contributed by atoms with van der Waals surface area (Å²) in [5.74, 6) is -0.131. The first-order chi connectivity index (χ1) is 9.21. The van der Waals surface area contributed by atoms with Crippen LogP contribution in [-0.4, -0.2) is 19.8 Å². The smallest absolute Gasteiger partial charge is 0.508 e. The van der Waals surface area contributed by atoms with Crippen LogP contribution >= 0.6 is 15.6 Å². The molecule has 4 N–H and O–H groups in total. The van der Waals surface area contributed by atoms with Gasteiger partial charge in [-0.2, -0.15) is 4.31 Å². The largest absolute Gasteiger partial charge is 0.536 e. The second-order valence-electron chi connectivity index (χ2n) is 5.52. The van der Waals surface area contributed by atoms with Gasteiger partial charge in [0.15, 0.2) is 0 Å². The summed E-state index contributed by atoms with van der Waals surface area (Å²) in [5.41, 5.74) is 0.280. The van der Waals surface area contributed by atoms with Crippen molar-refractivity contribution in [2.75, 3.05) is 0 Å². The molecule has 21 heavy (non-hydrogen) atoms. The van der Waals surface area contributed by atoms with E-state index in [4.69, 9.17) is 9.79 Å². The average molecular weight is 340 g/mol. The van der Waals surface area contributed by atoms with Crippen molar-refractivity contribution >= 4 is 15.6 Å². The molecule has 0 aliphatic heterocycles. The summed E-state index contributed by atoms with van der Waals surface area (Å²) in [6, 6.07) is 2.66. The van der Waals surface area contributed by atoms with Crippen LogP contribution in [0.1, 0.15) is 31.9 Å². The van der Waals surface area contributed by atoms with E-state index in [1.807, 2.05) is 20.8 Å². The Morgan fingerprint density at radius 3 is 2.05 bits per heavy atom. The van der Waals surface area contributed by atoms with Crippen LogP contribution in [0.3, 0.4) is 0 Å². The molecule has 120 valence electrons. The highest BCUT2D eigenvalue weighted by atomic mass is 31.3. The predicted molar refractivity (Wildman–Crippen MR) is 75.1 cm³/mol. The van der Waals surface area contributed by atoms with E-state index in [0.717, 1.165) is 0 Å². The number of phosphoric ester groups is 1. The van der Waals surface area contributed by atoms with E-state index in [9.17, 15) is 19.1 Å². The van der Waals surface area contributed by atoms with Crippen molar-refractivity contribution in [2.45, 2.75) is 33.1 Å². The van der Waals surface area contributed by atoms with Crippen LogP contribution in [0.4, 0.5) is 0 Å². The zero-order valence-corrected chi connectivity index (χ0v) is 13.8. The average Bonchev–Trinajstić information content (AvgIpc) is 2.16. The van der Waals surface area contributed by atoms with Crippen molar-refractivity contribution in [3.05, 3.63) is 23.3 Å². The Labute approximate surface area is 122 Å². The van der Waals surface area contributed by atoms with E-state index < -0.39 is 21.1 Å². The van der Waals surface area contributed by atoms with Crippen molar-refractivity contribution in [1.82, 2.24) is 0 Å². The Morgan fingerprint density at radius 1 is 1.10 bits per heavy atom. The van der Waals surface area contributed by atoms with E-state index in [0.29, 0.717) is 11.1 Å². The molecule has 1 rings (SSSR count). The topological polar surface area (TPSA) is 134 Å². The van der Waals surface area contributed by atoms with Gasteiger partial charge >= 0.3 is 15.6 Å². The first-order valence-corrected chi connectivity index (χ1v) is 8.87. The molecule has 0 bridgehead atoms. The summed E-state index contributed by atoms with van der Waals surface area (Å²) in [6.45, 7) is 6.93. The fraction of sp³-hybridized carbons (Fsp3) is 0.455. The zero-order chi connectivity index (χ0) is 16.6. The lowest BCUT2D eigenvalue weighted by molar-refractivity contribution is 0.229. The molecule has 0 spiro atoms. The van der Waals surface area contributed by atoms with Gasteiger partial charge in [0.1, 0.15) is 11.5 Å². The van der Waals surface area contributed by atoms with Crippen LogP contribution < -0.4 is 4.52 Å². The number of phenols is 1. The molecule has 0 radical (unpaired) electrons. The van der Waals surface area contributed by atoms with Crippen LogP contribution in [0.15, 0.2) is 12.1 Å². The van der Waals surface area contributed by atoms with Gasteiger partial charge < -0.3 is 19.4 Å². The number of benzene rings is 1. The van der Waals surface area contributed by atoms with E-state index in [1.54, 1.807) is 0 Å². The normalized spacial score (nSPS) is 15.6. The SMILES string of the molecule is Cc1cc(O)c(C(C)(C)C)cc1OP(=O)(O)OP(=O)(O)O. The molecule has 0 amide bonds. The van der Waals surface area contributed by atoms with Crippen molar-refractivity contribution in [3.63, 3.8) is 0 Å². The molecule has 0 aromatic heterocycles. The molecule has 1 unspecified atom stereocenters. The Balaban J connectivity index is 3.21. The summed E-state index contributed by atoms with van der Waals surface area (Å²) in [4.78, 5) is 26.5. The van der Waals surface area contributed by atoms with Gasteiger partial charge in [-0.1, -0.05) is 20.8 Å². The van der Waals surface area contributed by atoms with Gasteiger partial charge in [-0.3, -0.25) is 4.89 Å². The number of aromatic hydroxyl groups is 1. The second kappa shape index (κ2) is 5.72. The quantitative estimate of drug-likeness (QED) is 0.615. The highest BCUT2D eigenvalue weighted by molar-refractivity contribution is 7.60. The maximum absolute atomic E-state index is 11.6. The minimum absolute atomic E-state index is 0.0176. The lowest BCUT2D eigenvalue weighted by atomic mass is 9.85. The van der Waals surface area contributed by atoms with Gasteiger partial charge in [0, 0.05) is 5.56 Å². The van der Waals surface area contributed by atoms with Gasteiger partial charge in [-0.15, -0.1) is 0 Å². The monoisotopic (exact) mass is 340 g/mol. The Kier molecular flexibility index (Phi) is 4.95. The van der Waals surface area contributed by atoms with Crippen LogP contribution in [0.25, 0.3) is 0 Å². The van der Waals surface area contributed by atoms with E-state index in [1.165, 1.54) is 19.1 Å². The summed E-state index contributed by atoms with van der Waals surface area (Å²) >= 11 is 0. The first-order valence-electron chi connectivity index (χ1n) is 5.85. The molecule has 8 nitrogen and oxygen atoms in total. The molecular weight excluding hydrogens is 322 g/mol. The number of hydrogen-bond donors (Lipinski definition) is 4. The predicted octanol–water partition coefficient (Wildman–Crippen LogP) is 2.59. The third-order valence-corrected chi connectivity index (χ3v) is 4.63. The van der Waals surface area contributed by atoms with Gasteiger partial charge in [0.2, 0.25) is 0 Å². The molecule has 10 heteroatoms. The lowest BCUT2D eigenvalue weighted by Gasteiger charge is -2.23. The number of phenolic OH excluding ortho intramolecular Hbond substituents is 1. The number of hydrogen-bond acceptors (Lipinski definition) is 5. The van der Waals surface area contributed by atoms with Gasteiger partial charge in [0.25, 0.3) is 0 Å². The molecule has 0 aliphatic carbocycles. The van der Waals surface area contributed by atoms with Gasteiger partial charge in [-0.05, 0) is 30.0 Å². The fourth-order valence-corrected chi connectivity index (χ4v) is 3.30. The molecule has 1 atom stereocenters. The molecule has 0 heterocycles. The number of aryl methyl sites for hydroxylation is 1. The van der Waals surface area contributed by atoms with E-state index in [-0.39, 0.29) is 11.5 Å².